The largest absolute Gasteiger partial charge is 0.389 e. The lowest BCUT2D eigenvalue weighted by atomic mass is 10.1. The van der Waals surface area contributed by atoms with Gasteiger partial charge < -0.3 is 4.43 Å². The van der Waals surface area contributed by atoms with Crippen molar-refractivity contribution in [2.75, 3.05) is 28.2 Å². The zero-order valence-electron chi connectivity index (χ0n) is 14.2. The Labute approximate surface area is 134 Å². The van der Waals surface area contributed by atoms with Crippen molar-refractivity contribution in [1.29, 1.82) is 0 Å². The van der Waals surface area contributed by atoms with E-state index in [9.17, 15) is 9.59 Å². The minimum atomic E-state index is -1.90. The number of thioether (sulfide) groups is 1. The molecular formula is C14H28N2O3SSi. The number of carbonyl (C=O) groups excluding carboxylic acids is 2. The highest BCUT2D eigenvalue weighted by Crippen LogP contribution is 2.46. The highest BCUT2D eigenvalue weighted by molar-refractivity contribution is 8.22. The number of nitrogens with zero attached hydrogens (tertiary/aromatic N) is 2. The quantitative estimate of drug-likeness (QED) is 0.381. The van der Waals surface area contributed by atoms with Crippen LogP contribution in [0.2, 0.25) is 6.55 Å². The number of Topliss-reactive ketones (excluding diaryl/α,β-unsaturated/α-hetero) is 1. The predicted octanol–water partition coefficient (Wildman–Crippen LogP) is 1.46. The van der Waals surface area contributed by atoms with E-state index in [1.807, 2.05) is 51.5 Å². The van der Waals surface area contributed by atoms with E-state index in [4.69, 9.17) is 4.43 Å². The molecule has 0 spiro atoms. The van der Waals surface area contributed by atoms with Crippen molar-refractivity contribution in [2.45, 2.75) is 49.9 Å². The van der Waals surface area contributed by atoms with Gasteiger partial charge in [0, 0.05) is 0 Å². The smallest absolute Gasteiger partial charge is 0.257 e. The molecule has 1 saturated heterocycles. The molecule has 1 rings (SSSR count). The standard InChI is InChI=1S/C14H28N2O3SSi/c1-8-9-10-14(11(17)12(18)20-14)21(7)19-13(2,15(3)4)16(5)6/h21H,8-10H2,1-7H3. The van der Waals surface area contributed by atoms with E-state index in [-0.39, 0.29) is 10.9 Å². The lowest BCUT2D eigenvalue weighted by Gasteiger charge is -2.48. The van der Waals surface area contributed by atoms with Crippen LogP contribution in [0.1, 0.15) is 33.1 Å². The van der Waals surface area contributed by atoms with Gasteiger partial charge in [-0.05, 0) is 48.1 Å². The number of ketones is 1. The fraction of sp³-hybridized carbons (Fsp3) is 0.857. The molecule has 0 aromatic rings. The van der Waals surface area contributed by atoms with E-state index in [0.29, 0.717) is 0 Å². The van der Waals surface area contributed by atoms with Crippen molar-refractivity contribution in [3.05, 3.63) is 0 Å². The molecule has 0 bridgehead atoms. The van der Waals surface area contributed by atoms with Gasteiger partial charge in [0.05, 0.1) is 0 Å². The van der Waals surface area contributed by atoms with E-state index in [0.717, 1.165) is 19.3 Å². The summed E-state index contributed by atoms with van der Waals surface area (Å²) in [5.41, 5.74) is 0. The molecule has 0 amide bonds. The Hall–Kier alpha value is -0.213. The summed E-state index contributed by atoms with van der Waals surface area (Å²) in [6, 6.07) is 0. The molecule has 0 radical (unpaired) electrons. The lowest BCUT2D eigenvalue weighted by molar-refractivity contribution is -0.151. The molecule has 21 heavy (non-hydrogen) atoms. The van der Waals surface area contributed by atoms with Crippen molar-refractivity contribution >= 4 is 31.7 Å². The van der Waals surface area contributed by atoms with Crippen molar-refractivity contribution in [1.82, 2.24) is 9.80 Å². The monoisotopic (exact) mass is 332 g/mol. The van der Waals surface area contributed by atoms with Crippen LogP contribution in [0.4, 0.5) is 0 Å². The van der Waals surface area contributed by atoms with E-state index in [1.165, 1.54) is 11.8 Å². The number of carbonyl (C=O) groups is 2. The van der Waals surface area contributed by atoms with Gasteiger partial charge in [-0.2, -0.15) is 0 Å². The van der Waals surface area contributed by atoms with Crippen molar-refractivity contribution in [2.24, 2.45) is 0 Å². The summed E-state index contributed by atoms with van der Waals surface area (Å²) in [6.07, 6.45) is 2.72. The summed E-state index contributed by atoms with van der Waals surface area (Å²) in [5.74, 6) is -0.787. The Morgan fingerprint density at radius 2 is 1.76 bits per heavy atom. The molecule has 7 heteroatoms. The second-order valence-electron chi connectivity index (χ2n) is 6.19. The van der Waals surface area contributed by atoms with Crippen LogP contribution in [0.15, 0.2) is 0 Å². The molecule has 0 aliphatic carbocycles. The Morgan fingerprint density at radius 3 is 2.10 bits per heavy atom. The maximum atomic E-state index is 12.2. The van der Waals surface area contributed by atoms with Crippen molar-refractivity contribution in [3.63, 3.8) is 0 Å². The molecule has 1 aliphatic rings. The van der Waals surface area contributed by atoms with E-state index in [2.05, 4.69) is 6.92 Å². The van der Waals surface area contributed by atoms with Crippen LogP contribution in [-0.4, -0.2) is 68.1 Å². The van der Waals surface area contributed by atoms with Crippen LogP contribution in [0.5, 0.6) is 0 Å². The van der Waals surface area contributed by atoms with Gasteiger partial charge in [-0.3, -0.25) is 19.4 Å². The summed E-state index contributed by atoms with van der Waals surface area (Å²) >= 11 is 1.21. The Morgan fingerprint density at radius 1 is 1.24 bits per heavy atom. The topological polar surface area (TPSA) is 49.9 Å². The molecule has 122 valence electrons. The fourth-order valence-electron chi connectivity index (χ4n) is 2.50. The van der Waals surface area contributed by atoms with Gasteiger partial charge in [0.2, 0.25) is 14.8 Å². The first-order valence-corrected chi connectivity index (χ1v) is 10.4. The SMILES string of the molecule is CCCCC1([SiH](C)OC(C)(N(C)C)N(C)C)SC(=O)C1=O. The fourth-order valence-corrected chi connectivity index (χ4v) is 7.01. The predicted molar refractivity (Wildman–Crippen MR) is 89.7 cm³/mol. The van der Waals surface area contributed by atoms with Crippen LogP contribution in [0, 0.1) is 0 Å². The van der Waals surface area contributed by atoms with Gasteiger partial charge >= 0.3 is 0 Å². The van der Waals surface area contributed by atoms with E-state index >= 15 is 0 Å². The number of hydrogen-bond donors (Lipinski definition) is 0. The molecule has 1 fully saturated rings. The van der Waals surface area contributed by atoms with E-state index in [1.54, 1.807) is 0 Å². The molecule has 0 saturated carbocycles. The van der Waals surface area contributed by atoms with Gasteiger partial charge in [0.15, 0.2) is 5.85 Å². The maximum absolute atomic E-state index is 12.2. The summed E-state index contributed by atoms with van der Waals surface area (Å²) in [5, 5.41) is -0.300. The van der Waals surface area contributed by atoms with Crippen LogP contribution < -0.4 is 0 Å². The summed E-state index contributed by atoms with van der Waals surface area (Å²) in [7, 11) is 5.94. The third kappa shape index (κ3) is 3.42. The molecule has 2 unspecified atom stereocenters. The third-order valence-electron chi connectivity index (χ3n) is 4.46. The van der Waals surface area contributed by atoms with Gasteiger partial charge in [-0.1, -0.05) is 31.5 Å². The van der Waals surface area contributed by atoms with E-state index < -0.39 is 19.3 Å². The minimum Gasteiger partial charge on any atom is -0.389 e. The first-order chi connectivity index (χ1) is 9.61. The zero-order chi connectivity index (χ0) is 16.4. The molecule has 5 nitrogen and oxygen atoms in total. The summed E-state index contributed by atoms with van der Waals surface area (Å²) in [4.78, 5) is 27.7. The number of hydrogen-bond acceptors (Lipinski definition) is 6. The Kier molecular flexibility index (Phi) is 6.20. The van der Waals surface area contributed by atoms with Crippen LogP contribution >= 0.6 is 11.8 Å². The van der Waals surface area contributed by atoms with Crippen molar-refractivity contribution < 1.29 is 14.0 Å². The molecule has 0 N–H and O–H groups in total. The van der Waals surface area contributed by atoms with Gasteiger partial charge in [0.1, 0.15) is 4.37 Å². The highest BCUT2D eigenvalue weighted by atomic mass is 32.2. The minimum absolute atomic E-state index is 0.222. The molecule has 2 atom stereocenters. The van der Waals surface area contributed by atoms with Gasteiger partial charge in [-0.15, -0.1) is 0 Å². The summed E-state index contributed by atoms with van der Waals surface area (Å²) in [6.45, 7) is 6.14. The summed E-state index contributed by atoms with van der Waals surface area (Å²) < 4.78 is 5.81. The molecule has 1 aliphatic heterocycles. The third-order valence-corrected chi connectivity index (χ3v) is 9.60. The number of unbranched alkanes of at least 4 members (excludes halogenated alkanes) is 1. The zero-order valence-corrected chi connectivity index (χ0v) is 16.2. The molecular weight excluding hydrogens is 304 g/mol. The molecule has 1 heterocycles. The molecule has 0 aromatic heterocycles. The highest BCUT2D eigenvalue weighted by Gasteiger charge is 2.60. The Bertz CT molecular complexity index is 409. The van der Waals surface area contributed by atoms with Gasteiger partial charge in [-0.25, -0.2) is 0 Å². The van der Waals surface area contributed by atoms with Gasteiger partial charge in [0.25, 0.3) is 5.12 Å². The van der Waals surface area contributed by atoms with Crippen LogP contribution in [-0.2, 0) is 14.0 Å². The number of rotatable bonds is 8. The maximum Gasteiger partial charge on any atom is 0.257 e. The normalized spacial score (nSPS) is 24.6. The van der Waals surface area contributed by atoms with Crippen LogP contribution in [0.3, 0.4) is 0 Å². The lowest BCUT2D eigenvalue weighted by Crippen LogP contribution is -2.65. The second kappa shape index (κ2) is 6.91. The average Bonchev–Trinajstić information content (AvgIpc) is 2.41. The first-order valence-electron chi connectivity index (χ1n) is 7.42. The molecule has 0 aromatic carbocycles. The second-order valence-corrected chi connectivity index (χ2v) is 10.4. The first kappa shape index (κ1) is 18.8. The van der Waals surface area contributed by atoms with Crippen LogP contribution in [0.25, 0.3) is 0 Å². The van der Waals surface area contributed by atoms with Crippen molar-refractivity contribution in [3.8, 4) is 0 Å². The average molecular weight is 333 g/mol. The Balaban J connectivity index is 2.94.